The van der Waals surface area contributed by atoms with Crippen molar-refractivity contribution < 1.29 is 71.8 Å². The molecule has 7 rings (SSSR count). The van der Waals surface area contributed by atoms with Gasteiger partial charge in [0.25, 0.3) is 0 Å². The van der Waals surface area contributed by atoms with Gasteiger partial charge in [-0.05, 0) is 81.0 Å². The summed E-state index contributed by atoms with van der Waals surface area (Å²) in [4.78, 5) is 99.5. The van der Waals surface area contributed by atoms with Crippen LogP contribution in [0.15, 0.2) is 102 Å². The highest BCUT2D eigenvalue weighted by Gasteiger charge is 2.78. The second-order valence-corrected chi connectivity index (χ2v) is 20.3. The largest absolute Gasteiger partial charge is 0.455 e. The fourth-order valence-corrected chi connectivity index (χ4v) is 11.0. The molecule has 0 spiro atoms. The molecule has 16 heteroatoms. The Morgan fingerprint density at radius 3 is 1.88 bits per heavy atom. The average Bonchev–Trinajstić information content (AvgIpc) is 3.28. The number of hydrogen-bond donors (Lipinski definition) is 2. The Balaban J connectivity index is 1.43. The predicted molar refractivity (Wildman–Crippen MR) is 246 cm³/mol. The van der Waals surface area contributed by atoms with Crippen molar-refractivity contribution in [2.24, 2.45) is 22.7 Å². The zero-order valence-corrected chi connectivity index (χ0v) is 40.6. The molecule has 1 unspecified atom stereocenters. The maximum Gasteiger partial charge on any atom is 0.408 e. The normalized spacial score (nSPS) is 29.9. The van der Waals surface area contributed by atoms with Gasteiger partial charge in [-0.3, -0.25) is 14.4 Å². The maximum atomic E-state index is 15.9. The first-order valence-corrected chi connectivity index (χ1v) is 23.1. The van der Waals surface area contributed by atoms with E-state index in [9.17, 15) is 29.1 Å². The summed E-state index contributed by atoms with van der Waals surface area (Å²) in [6, 6.07) is 22.7. The van der Waals surface area contributed by atoms with Crippen molar-refractivity contribution in [1.29, 1.82) is 0 Å². The Kier molecular flexibility index (Phi) is 13.8. The molecule has 3 fully saturated rings. The van der Waals surface area contributed by atoms with E-state index in [2.05, 4.69) is 5.32 Å². The van der Waals surface area contributed by atoms with E-state index in [4.69, 9.17) is 33.2 Å². The summed E-state index contributed by atoms with van der Waals surface area (Å²) in [5.41, 5.74) is -7.50. The van der Waals surface area contributed by atoms with Gasteiger partial charge >= 0.3 is 35.9 Å². The number of ketones is 1. The zero-order chi connectivity index (χ0) is 50.4. The number of rotatable bonds is 11. The first-order chi connectivity index (χ1) is 32.4. The molecule has 2 saturated carbocycles. The fourth-order valence-electron chi connectivity index (χ4n) is 11.0. The van der Waals surface area contributed by atoms with E-state index in [1.165, 1.54) is 31.2 Å². The molecule has 1 amide bonds. The number of carbonyl (C=O) groups is 7. The van der Waals surface area contributed by atoms with E-state index < -0.39 is 124 Å². The lowest BCUT2D eigenvalue weighted by molar-refractivity contribution is -0.340. The van der Waals surface area contributed by atoms with Gasteiger partial charge in [-0.25, -0.2) is 19.2 Å². The standard InChI is InChI=1S/C53H61NO15/c1-29-26-37-52(28-63-37,68-32(4)56)42-44(67-46(59)35-24-18-13-19-25-35)53(62)27-36(30(2)38(50(53,8)9)40(64-31(3)55)43(57)51(29,42)10)65-47(60)41(66-45(58)34-22-16-12-17-23-34)39(33-20-14-11-15-21-33)54-48(61)69-49(5,6)7/h11-25,29,36-37,39-42,44,62H,26-28H2,1-10H3,(H,54,61)/t29-,36-,37+,39-,40+,41+,42?,44-,51+,52-,53+/m0/s1. The van der Waals surface area contributed by atoms with Crippen molar-refractivity contribution in [1.82, 2.24) is 5.32 Å². The van der Waals surface area contributed by atoms with E-state index >= 15 is 9.59 Å². The first-order valence-electron chi connectivity index (χ1n) is 23.1. The summed E-state index contributed by atoms with van der Waals surface area (Å²) in [5, 5.41) is 16.7. The number of aliphatic hydroxyl groups is 1. The number of esters is 5. The van der Waals surface area contributed by atoms with Crippen LogP contribution in [0.4, 0.5) is 4.79 Å². The van der Waals surface area contributed by atoms with Crippen LogP contribution in [0.3, 0.4) is 0 Å². The molecule has 0 aromatic heterocycles. The fraction of sp³-hybridized carbons (Fsp3) is 0.491. The molecule has 3 aromatic carbocycles. The smallest absolute Gasteiger partial charge is 0.408 e. The molecule has 0 radical (unpaired) electrons. The Hall–Kier alpha value is -6.39. The van der Waals surface area contributed by atoms with Crippen molar-refractivity contribution in [3.8, 4) is 0 Å². The summed E-state index contributed by atoms with van der Waals surface area (Å²) in [6.45, 7) is 15.3. The minimum absolute atomic E-state index is 0.0692. The monoisotopic (exact) mass is 951 g/mol. The zero-order valence-electron chi connectivity index (χ0n) is 40.6. The molecule has 1 heterocycles. The van der Waals surface area contributed by atoms with Crippen LogP contribution in [0.2, 0.25) is 0 Å². The molecule has 1 saturated heterocycles. The van der Waals surface area contributed by atoms with Gasteiger partial charge in [-0.15, -0.1) is 0 Å². The van der Waals surface area contributed by atoms with Crippen LogP contribution in [0, 0.1) is 22.7 Å². The first kappa shape index (κ1) is 50.5. The molecule has 2 bridgehead atoms. The van der Waals surface area contributed by atoms with Crippen molar-refractivity contribution in [2.75, 3.05) is 6.61 Å². The van der Waals surface area contributed by atoms with Crippen LogP contribution in [-0.2, 0) is 52.3 Å². The summed E-state index contributed by atoms with van der Waals surface area (Å²) >= 11 is 0. The Bertz CT molecular complexity index is 2520. The molecule has 1 aliphatic heterocycles. The summed E-state index contributed by atoms with van der Waals surface area (Å²) in [6.07, 6.45) is -8.95. The van der Waals surface area contributed by atoms with Crippen molar-refractivity contribution in [3.05, 3.63) is 119 Å². The van der Waals surface area contributed by atoms with Crippen molar-refractivity contribution >= 4 is 41.7 Å². The topological polar surface area (TPSA) is 216 Å². The summed E-state index contributed by atoms with van der Waals surface area (Å²) < 4.78 is 42.9. The van der Waals surface area contributed by atoms with Gasteiger partial charge < -0.3 is 43.6 Å². The van der Waals surface area contributed by atoms with E-state index in [1.54, 1.807) is 122 Å². The minimum Gasteiger partial charge on any atom is -0.455 e. The predicted octanol–water partition coefficient (Wildman–Crippen LogP) is 6.97. The van der Waals surface area contributed by atoms with E-state index in [0.29, 0.717) is 5.56 Å². The van der Waals surface area contributed by atoms with E-state index in [0.717, 1.165) is 6.92 Å². The molecular weight excluding hydrogens is 891 g/mol. The lowest BCUT2D eigenvalue weighted by Gasteiger charge is -2.68. The van der Waals surface area contributed by atoms with Crippen LogP contribution in [-0.4, -0.2) is 101 Å². The highest BCUT2D eigenvalue weighted by atomic mass is 16.6. The summed E-state index contributed by atoms with van der Waals surface area (Å²) in [7, 11) is 0. The third kappa shape index (κ3) is 9.28. The Morgan fingerprint density at radius 2 is 1.36 bits per heavy atom. The summed E-state index contributed by atoms with van der Waals surface area (Å²) in [5.74, 6) is -7.16. The number of hydrogen-bond acceptors (Lipinski definition) is 15. The third-order valence-corrected chi connectivity index (χ3v) is 14.5. The lowest BCUT2D eigenvalue weighted by Crippen LogP contribution is -2.80. The van der Waals surface area contributed by atoms with Gasteiger partial charge in [-0.1, -0.05) is 94.4 Å². The van der Waals surface area contributed by atoms with Crippen LogP contribution in [0.25, 0.3) is 0 Å². The van der Waals surface area contributed by atoms with Gasteiger partial charge in [0.2, 0.25) is 6.10 Å². The van der Waals surface area contributed by atoms with Crippen molar-refractivity contribution in [2.45, 2.75) is 135 Å². The van der Waals surface area contributed by atoms with Gasteiger partial charge in [0.05, 0.1) is 23.7 Å². The Morgan fingerprint density at radius 1 is 0.797 bits per heavy atom. The SMILES string of the molecule is CC(=O)O[C@H]1C(=O)[C@@]2(C)C([C@H](OC(=O)c3ccccc3)[C@]3(O)C[C@H](OC(=O)[C@H](OC(=O)c4ccccc4)[C@@H](NC(=O)OC(C)(C)C)c4ccccc4)C(C)=C1C3(C)C)[C@]1(OC(C)=O)CO[C@@H]1C[C@@H]2C. The second kappa shape index (κ2) is 18.8. The van der Waals surface area contributed by atoms with Crippen molar-refractivity contribution in [3.63, 3.8) is 0 Å². The molecule has 16 nitrogen and oxygen atoms in total. The third-order valence-electron chi connectivity index (χ3n) is 14.5. The number of carbonyl (C=O) groups excluding carboxylic acids is 7. The molecule has 3 aliphatic carbocycles. The number of Topliss-reactive ketones (excluding diaryl/α,β-unsaturated/α-hetero) is 1. The molecule has 11 atom stereocenters. The minimum atomic E-state index is -2.35. The molecular formula is C53H61NO15. The van der Waals surface area contributed by atoms with Gasteiger partial charge in [0, 0.05) is 31.1 Å². The highest BCUT2D eigenvalue weighted by molar-refractivity contribution is 5.96. The number of amides is 1. The molecule has 3 aromatic rings. The molecule has 4 aliphatic rings. The lowest BCUT2D eigenvalue weighted by atomic mass is 9.43. The second-order valence-electron chi connectivity index (χ2n) is 20.3. The average molecular weight is 952 g/mol. The maximum absolute atomic E-state index is 15.9. The van der Waals surface area contributed by atoms with E-state index in [1.807, 2.05) is 0 Å². The number of nitrogens with one attached hydrogen (secondary N) is 1. The van der Waals surface area contributed by atoms with E-state index in [-0.39, 0.29) is 35.3 Å². The van der Waals surface area contributed by atoms with Crippen LogP contribution in [0.5, 0.6) is 0 Å². The highest BCUT2D eigenvalue weighted by Crippen LogP contribution is 2.65. The number of benzene rings is 3. The molecule has 368 valence electrons. The molecule has 2 N–H and O–H groups in total. The van der Waals surface area contributed by atoms with Gasteiger partial charge in [0.1, 0.15) is 35.6 Å². The number of ether oxygens (including phenoxy) is 7. The number of alkyl carbamates (subject to hydrolysis) is 1. The van der Waals surface area contributed by atoms with Gasteiger partial charge in [-0.2, -0.15) is 0 Å². The van der Waals surface area contributed by atoms with Crippen LogP contribution < -0.4 is 5.32 Å². The van der Waals surface area contributed by atoms with Crippen LogP contribution >= 0.6 is 0 Å². The quantitative estimate of drug-likeness (QED) is 0.113. The van der Waals surface area contributed by atoms with Gasteiger partial charge in [0.15, 0.2) is 17.5 Å². The number of fused-ring (bicyclic) bond motifs is 5. The Labute approximate surface area is 401 Å². The van der Waals surface area contributed by atoms with Crippen LogP contribution in [0.1, 0.15) is 114 Å². The molecule has 69 heavy (non-hydrogen) atoms.